The number of anilines is 1. The Morgan fingerprint density at radius 3 is 2.89 bits per heavy atom. The van der Waals surface area contributed by atoms with E-state index in [4.69, 9.17) is 11.6 Å². The van der Waals surface area contributed by atoms with Crippen molar-refractivity contribution in [2.45, 2.75) is 11.9 Å². The van der Waals surface area contributed by atoms with E-state index in [1.807, 2.05) is 19.2 Å². The number of benzene rings is 1. The van der Waals surface area contributed by atoms with Crippen LogP contribution < -0.4 is 5.32 Å². The van der Waals surface area contributed by atoms with Gasteiger partial charge in [0.25, 0.3) is 5.91 Å². The van der Waals surface area contributed by atoms with Gasteiger partial charge in [-0.3, -0.25) is 4.79 Å². The van der Waals surface area contributed by atoms with E-state index in [1.54, 1.807) is 30.5 Å². The third kappa shape index (κ3) is 3.28. The van der Waals surface area contributed by atoms with E-state index in [2.05, 4.69) is 10.3 Å². The molecular weight excluding hydrogens is 280 g/mol. The van der Waals surface area contributed by atoms with Crippen LogP contribution in [0.5, 0.6) is 0 Å². The highest BCUT2D eigenvalue weighted by atomic mass is 35.5. The average Bonchev–Trinajstić information content (AvgIpc) is 2.42. The Kier molecular flexibility index (Phi) is 4.45. The third-order valence-electron chi connectivity index (χ3n) is 2.66. The largest absolute Gasteiger partial charge is 0.322 e. The molecule has 98 valence electrons. The van der Waals surface area contributed by atoms with E-state index >= 15 is 0 Å². The van der Waals surface area contributed by atoms with Crippen molar-refractivity contribution in [1.29, 1.82) is 0 Å². The number of pyridine rings is 1. The summed E-state index contributed by atoms with van der Waals surface area (Å²) in [5.41, 5.74) is 2.25. The summed E-state index contributed by atoms with van der Waals surface area (Å²) in [6, 6.07) is 8.91. The Morgan fingerprint density at radius 2 is 2.16 bits per heavy atom. The van der Waals surface area contributed by atoms with Gasteiger partial charge in [0.15, 0.2) is 0 Å². The van der Waals surface area contributed by atoms with Crippen LogP contribution in [0.3, 0.4) is 0 Å². The molecule has 0 bridgehead atoms. The number of carbonyl (C=O) groups is 1. The highest BCUT2D eigenvalue weighted by Crippen LogP contribution is 2.22. The van der Waals surface area contributed by atoms with Crippen LogP contribution in [0.2, 0.25) is 5.02 Å². The van der Waals surface area contributed by atoms with Crippen LogP contribution in [0.4, 0.5) is 5.69 Å². The summed E-state index contributed by atoms with van der Waals surface area (Å²) in [5, 5.41) is 4.17. The number of hydrogen-bond acceptors (Lipinski definition) is 3. The molecule has 0 fully saturated rings. The fraction of sp³-hybridized carbons (Fsp3) is 0.143. The monoisotopic (exact) mass is 292 g/mol. The molecule has 0 saturated heterocycles. The molecule has 2 aromatic rings. The summed E-state index contributed by atoms with van der Waals surface area (Å²) in [7, 11) is 0. The Morgan fingerprint density at radius 1 is 1.37 bits per heavy atom. The van der Waals surface area contributed by atoms with Gasteiger partial charge in [0.05, 0.1) is 5.56 Å². The van der Waals surface area contributed by atoms with E-state index in [1.165, 1.54) is 11.8 Å². The summed E-state index contributed by atoms with van der Waals surface area (Å²) in [6.45, 7) is 1.92. The smallest absolute Gasteiger partial charge is 0.258 e. The minimum absolute atomic E-state index is 0.178. The molecule has 0 unspecified atom stereocenters. The van der Waals surface area contributed by atoms with Crippen LogP contribution in [-0.2, 0) is 0 Å². The van der Waals surface area contributed by atoms with Crippen molar-refractivity contribution in [2.24, 2.45) is 0 Å². The predicted molar refractivity (Wildman–Crippen MR) is 80.2 cm³/mol. The molecule has 1 aromatic carbocycles. The van der Waals surface area contributed by atoms with Crippen molar-refractivity contribution in [3.05, 3.63) is 52.7 Å². The Balaban J connectivity index is 2.28. The molecule has 0 aliphatic heterocycles. The van der Waals surface area contributed by atoms with E-state index in [-0.39, 0.29) is 5.91 Å². The first-order valence-corrected chi connectivity index (χ1v) is 7.28. The summed E-state index contributed by atoms with van der Waals surface area (Å²) in [5.74, 6) is -0.178. The predicted octanol–water partition coefficient (Wildman–Crippen LogP) is 4.02. The second kappa shape index (κ2) is 6.08. The number of carbonyl (C=O) groups excluding carboxylic acids is 1. The first-order chi connectivity index (χ1) is 9.11. The van der Waals surface area contributed by atoms with Gasteiger partial charge in [0.1, 0.15) is 5.03 Å². The van der Waals surface area contributed by atoms with Crippen LogP contribution in [0.1, 0.15) is 15.9 Å². The third-order valence-corrected chi connectivity index (χ3v) is 3.60. The van der Waals surface area contributed by atoms with Crippen LogP contribution in [-0.4, -0.2) is 17.1 Å². The van der Waals surface area contributed by atoms with Gasteiger partial charge in [0, 0.05) is 16.9 Å². The molecule has 1 N–H and O–H groups in total. The van der Waals surface area contributed by atoms with E-state index < -0.39 is 0 Å². The van der Waals surface area contributed by atoms with Gasteiger partial charge in [-0.2, -0.15) is 0 Å². The molecule has 3 nitrogen and oxygen atoms in total. The number of thioether (sulfide) groups is 1. The highest BCUT2D eigenvalue weighted by molar-refractivity contribution is 7.98. The SMILES string of the molecule is CSc1ncccc1C(=O)Nc1cc(Cl)ccc1C. The maximum atomic E-state index is 12.2. The number of hydrogen-bond donors (Lipinski definition) is 1. The molecule has 0 atom stereocenters. The lowest BCUT2D eigenvalue weighted by Crippen LogP contribution is -2.14. The lowest BCUT2D eigenvalue weighted by Gasteiger charge is -2.10. The van der Waals surface area contributed by atoms with Gasteiger partial charge in [0.2, 0.25) is 0 Å². The summed E-state index contributed by atoms with van der Waals surface area (Å²) in [4.78, 5) is 16.4. The summed E-state index contributed by atoms with van der Waals surface area (Å²) >= 11 is 7.38. The lowest BCUT2D eigenvalue weighted by molar-refractivity contribution is 0.102. The van der Waals surface area contributed by atoms with Gasteiger partial charge in [-0.25, -0.2) is 4.98 Å². The Bertz CT molecular complexity index is 616. The lowest BCUT2D eigenvalue weighted by atomic mass is 10.2. The zero-order valence-electron chi connectivity index (χ0n) is 10.6. The van der Waals surface area contributed by atoms with Crippen molar-refractivity contribution >= 4 is 35.0 Å². The van der Waals surface area contributed by atoms with Gasteiger partial charge in [-0.15, -0.1) is 11.8 Å². The molecular formula is C14H13ClN2OS. The van der Waals surface area contributed by atoms with Gasteiger partial charge < -0.3 is 5.32 Å². The number of aromatic nitrogens is 1. The molecule has 2 rings (SSSR count). The second-order valence-corrected chi connectivity index (χ2v) is 5.20. The fourth-order valence-electron chi connectivity index (χ4n) is 1.64. The molecule has 0 radical (unpaired) electrons. The van der Waals surface area contributed by atoms with Crippen molar-refractivity contribution < 1.29 is 4.79 Å². The minimum Gasteiger partial charge on any atom is -0.322 e. The number of rotatable bonds is 3. The molecule has 0 spiro atoms. The molecule has 0 aliphatic rings. The molecule has 19 heavy (non-hydrogen) atoms. The van der Waals surface area contributed by atoms with E-state index in [9.17, 15) is 4.79 Å². The van der Waals surface area contributed by atoms with E-state index in [0.717, 1.165) is 5.56 Å². The van der Waals surface area contributed by atoms with Crippen LogP contribution in [0, 0.1) is 6.92 Å². The second-order valence-electron chi connectivity index (χ2n) is 3.97. The first-order valence-electron chi connectivity index (χ1n) is 5.68. The standard InChI is InChI=1S/C14H13ClN2OS/c1-9-5-6-10(15)8-12(9)17-13(18)11-4-3-7-16-14(11)19-2/h3-8H,1-2H3,(H,17,18). The maximum Gasteiger partial charge on any atom is 0.258 e. The molecule has 1 heterocycles. The fourth-order valence-corrected chi connectivity index (χ4v) is 2.36. The Labute approximate surface area is 121 Å². The zero-order chi connectivity index (χ0) is 13.8. The molecule has 5 heteroatoms. The van der Waals surface area contributed by atoms with Crippen molar-refractivity contribution in [2.75, 3.05) is 11.6 Å². The molecule has 1 aromatic heterocycles. The normalized spacial score (nSPS) is 10.3. The van der Waals surface area contributed by atoms with Gasteiger partial charge in [-0.1, -0.05) is 17.7 Å². The average molecular weight is 293 g/mol. The number of halogens is 1. The minimum atomic E-state index is -0.178. The van der Waals surface area contributed by atoms with Gasteiger partial charge in [-0.05, 0) is 43.0 Å². The topological polar surface area (TPSA) is 42.0 Å². The number of aryl methyl sites for hydroxylation is 1. The maximum absolute atomic E-state index is 12.2. The van der Waals surface area contributed by atoms with Crippen LogP contribution >= 0.6 is 23.4 Å². The van der Waals surface area contributed by atoms with Gasteiger partial charge >= 0.3 is 0 Å². The number of amides is 1. The molecule has 0 saturated carbocycles. The van der Waals surface area contributed by atoms with E-state index in [0.29, 0.717) is 21.3 Å². The summed E-state index contributed by atoms with van der Waals surface area (Å²) in [6.07, 6.45) is 3.57. The first kappa shape index (κ1) is 13.9. The number of nitrogens with zero attached hydrogens (tertiary/aromatic N) is 1. The summed E-state index contributed by atoms with van der Waals surface area (Å²) < 4.78 is 0. The van der Waals surface area contributed by atoms with Crippen LogP contribution in [0.25, 0.3) is 0 Å². The Hall–Kier alpha value is -1.52. The zero-order valence-corrected chi connectivity index (χ0v) is 12.2. The van der Waals surface area contributed by atoms with Crippen molar-refractivity contribution in [3.8, 4) is 0 Å². The number of nitrogens with one attached hydrogen (secondary N) is 1. The van der Waals surface area contributed by atoms with Crippen molar-refractivity contribution in [1.82, 2.24) is 4.98 Å². The highest BCUT2D eigenvalue weighted by Gasteiger charge is 2.12. The van der Waals surface area contributed by atoms with Crippen LogP contribution in [0.15, 0.2) is 41.6 Å². The molecule has 1 amide bonds. The molecule has 0 aliphatic carbocycles. The van der Waals surface area contributed by atoms with Crippen molar-refractivity contribution in [3.63, 3.8) is 0 Å². The quantitative estimate of drug-likeness (QED) is 0.869.